The lowest BCUT2D eigenvalue weighted by molar-refractivity contribution is 0.788. The van der Waals surface area contributed by atoms with E-state index in [1.807, 2.05) is 6.92 Å². The van der Waals surface area contributed by atoms with Gasteiger partial charge in [0, 0.05) is 6.42 Å². The summed E-state index contributed by atoms with van der Waals surface area (Å²) in [5.41, 5.74) is 5.34. The van der Waals surface area contributed by atoms with Gasteiger partial charge >= 0.3 is 0 Å². The Morgan fingerprint density at radius 3 is 2.60 bits per heavy atom. The first kappa shape index (κ1) is 6.85. The number of aromatic nitrogens is 3. The number of nitrogens with zero attached hydrogens (tertiary/aromatic N) is 3. The molecule has 0 radical (unpaired) electrons. The average molecular weight is 141 g/mol. The van der Waals surface area contributed by atoms with E-state index in [9.17, 15) is 0 Å². The predicted octanol–water partition coefficient (Wildman–Crippen LogP) is -0.473. The molecule has 0 aliphatic carbocycles. The number of rotatable bonds is 2. The molecule has 0 spiro atoms. The fraction of sp³-hybridized carbons (Fsp3) is 0.600. The Morgan fingerprint density at radius 1 is 1.50 bits per heavy atom. The molecule has 4 N–H and O–H groups in total. The van der Waals surface area contributed by atoms with Gasteiger partial charge in [0.05, 0.1) is 0 Å². The van der Waals surface area contributed by atoms with Crippen molar-refractivity contribution < 1.29 is 0 Å². The van der Waals surface area contributed by atoms with Gasteiger partial charge in [-0.1, -0.05) is 6.92 Å². The summed E-state index contributed by atoms with van der Waals surface area (Å²) in [6.45, 7) is 2.05. The van der Waals surface area contributed by atoms with Crippen LogP contribution in [0.2, 0.25) is 0 Å². The van der Waals surface area contributed by atoms with Gasteiger partial charge in [-0.25, -0.2) is 4.68 Å². The molecule has 0 saturated carbocycles. The van der Waals surface area contributed by atoms with E-state index < -0.39 is 0 Å². The maximum absolute atomic E-state index is 5.46. The first-order chi connectivity index (χ1) is 4.75. The van der Waals surface area contributed by atoms with Crippen molar-refractivity contribution in [2.24, 2.45) is 0 Å². The van der Waals surface area contributed by atoms with Crippen LogP contribution in [0.15, 0.2) is 0 Å². The van der Waals surface area contributed by atoms with Crippen LogP contribution >= 0.6 is 0 Å². The first-order valence-electron chi connectivity index (χ1n) is 3.20. The Balaban J connectivity index is 2.83. The molecule has 1 aromatic heterocycles. The molecule has 56 valence electrons. The van der Waals surface area contributed by atoms with Crippen LogP contribution in [-0.2, 0) is 6.42 Å². The summed E-state index contributed by atoms with van der Waals surface area (Å²) in [7, 11) is 0. The monoisotopic (exact) mass is 141 g/mol. The highest BCUT2D eigenvalue weighted by molar-refractivity contribution is 5.16. The lowest BCUT2D eigenvalue weighted by Crippen LogP contribution is -2.15. The highest BCUT2D eigenvalue weighted by atomic mass is 15.4. The van der Waals surface area contributed by atoms with Gasteiger partial charge in [0.1, 0.15) is 0 Å². The Morgan fingerprint density at radius 2 is 2.20 bits per heavy atom. The number of hydrogen-bond acceptors (Lipinski definition) is 4. The number of hydrogen-bond donors (Lipinski definition) is 2. The number of anilines is 1. The molecular formula is C5H11N5. The zero-order valence-electron chi connectivity index (χ0n) is 5.91. The molecular weight excluding hydrogens is 130 g/mol. The minimum Gasteiger partial charge on any atom is -0.366 e. The van der Waals surface area contributed by atoms with Crippen LogP contribution in [0, 0.1) is 0 Å². The quantitative estimate of drug-likeness (QED) is 0.545. The van der Waals surface area contributed by atoms with Crippen molar-refractivity contribution in [2.45, 2.75) is 19.8 Å². The molecule has 0 fully saturated rings. The third-order valence-electron chi connectivity index (χ3n) is 1.27. The van der Waals surface area contributed by atoms with Crippen LogP contribution in [0.3, 0.4) is 0 Å². The molecule has 5 nitrogen and oxygen atoms in total. The zero-order chi connectivity index (χ0) is 7.56. The van der Waals surface area contributed by atoms with Gasteiger partial charge in [-0.3, -0.25) is 0 Å². The van der Waals surface area contributed by atoms with E-state index >= 15 is 0 Å². The maximum atomic E-state index is 5.46. The second-order valence-electron chi connectivity index (χ2n) is 2.09. The normalized spacial score (nSPS) is 10.1. The summed E-state index contributed by atoms with van der Waals surface area (Å²) in [5, 5.41) is 7.37. The fourth-order valence-corrected chi connectivity index (χ4v) is 0.732. The van der Waals surface area contributed by atoms with E-state index in [2.05, 4.69) is 10.2 Å². The lowest BCUT2D eigenvalue weighted by atomic mass is 10.3. The van der Waals surface area contributed by atoms with Crippen molar-refractivity contribution in [3.8, 4) is 0 Å². The first-order valence-corrected chi connectivity index (χ1v) is 3.20. The van der Waals surface area contributed by atoms with Crippen molar-refractivity contribution in [1.29, 1.82) is 0 Å². The zero-order valence-corrected chi connectivity index (χ0v) is 5.91. The lowest BCUT2D eigenvalue weighted by Gasteiger charge is -1.96. The number of aryl methyl sites for hydroxylation is 1. The van der Waals surface area contributed by atoms with Crippen LogP contribution in [0.25, 0.3) is 0 Å². The largest absolute Gasteiger partial charge is 0.366 e. The van der Waals surface area contributed by atoms with Crippen molar-refractivity contribution in [3.63, 3.8) is 0 Å². The Hall–Kier alpha value is -1.26. The highest BCUT2D eigenvalue weighted by Gasteiger charge is 2.03. The number of nitrogens with two attached hydrogens (primary N) is 2. The van der Waals surface area contributed by atoms with Gasteiger partial charge in [0.15, 0.2) is 5.82 Å². The summed E-state index contributed by atoms with van der Waals surface area (Å²) in [5.74, 6) is 6.46. The molecule has 10 heavy (non-hydrogen) atoms. The molecule has 1 rings (SSSR count). The molecule has 0 aliphatic heterocycles. The number of nitrogen functional groups attached to an aromatic ring is 2. The maximum Gasteiger partial charge on any atom is 0.240 e. The molecule has 0 aromatic carbocycles. The van der Waals surface area contributed by atoms with Crippen molar-refractivity contribution >= 4 is 5.95 Å². The van der Waals surface area contributed by atoms with E-state index in [1.54, 1.807) is 0 Å². The molecule has 1 heterocycles. The Kier molecular flexibility index (Phi) is 1.75. The minimum absolute atomic E-state index is 0.267. The van der Waals surface area contributed by atoms with Crippen LogP contribution in [-0.4, -0.2) is 14.9 Å². The minimum atomic E-state index is 0.267. The molecule has 0 aliphatic rings. The van der Waals surface area contributed by atoms with Gasteiger partial charge in [-0.05, 0) is 6.42 Å². The summed E-state index contributed by atoms with van der Waals surface area (Å²) >= 11 is 0. The van der Waals surface area contributed by atoms with Gasteiger partial charge in [-0.2, -0.15) is 0 Å². The van der Waals surface area contributed by atoms with Gasteiger partial charge in [0.2, 0.25) is 5.95 Å². The van der Waals surface area contributed by atoms with E-state index in [4.69, 9.17) is 11.6 Å². The molecule has 0 amide bonds. The fourth-order valence-electron chi connectivity index (χ4n) is 0.732. The van der Waals surface area contributed by atoms with E-state index in [1.165, 1.54) is 4.68 Å². The second-order valence-corrected chi connectivity index (χ2v) is 2.09. The van der Waals surface area contributed by atoms with Crippen molar-refractivity contribution in [2.75, 3.05) is 11.6 Å². The van der Waals surface area contributed by atoms with Crippen LogP contribution in [0.4, 0.5) is 5.95 Å². The van der Waals surface area contributed by atoms with E-state index in [0.29, 0.717) is 0 Å². The van der Waals surface area contributed by atoms with E-state index in [-0.39, 0.29) is 5.95 Å². The standard InChI is InChI=1S/C5H11N5/c1-2-3-4-8-9-5(6)10(4)7/h2-3,7H2,1H3,(H2,6,9). The summed E-state index contributed by atoms with van der Waals surface area (Å²) in [4.78, 5) is 0. The van der Waals surface area contributed by atoms with Crippen LogP contribution in [0.1, 0.15) is 19.2 Å². The summed E-state index contributed by atoms with van der Waals surface area (Å²) in [6, 6.07) is 0. The molecule has 0 saturated heterocycles. The SMILES string of the molecule is CCCc1nnc(N)n1N. The second kappa shape index (κ2) is 2.55. The Bertz CT molecular complexity index is 216. The molecule has 0 bridgehead atoms. The van der Waals surface area contributed by atoms with E-state index in [0.717, 1.165) is 18.7 Å². The van der Waals surface area contributed by atoms with Crippen LogP contribution < -0.4 is 11.6 Å². The predicted molar refractivity (Wildman–Crippen MR) is 38.6 cm³/mol. The average Bonchev–Trinajstić information content (AvgIpc) is 2.20. The molecule has 1 aromatic rings. The van der Waals surface area contributed by atoms with Crippen LogP contribution in [0.5, 0.6) is 0 Å². The third-order valence-corrected chi connectivity index (χ3v) is 1.27. The topological polar surface area (TPSA) is 82.8 Å². The Labute approximate surface area is 59.0 Å². The van der Waals surface area contributed by atoms with Gasteiger partial charge in [0.25, 0.3) is 0 Å². The molecule has 0 unspecified atom stereocenters. The van der Waals surface area contributed by atoms with Gasteiger partial charge < -0.3 is 11.6 Å². The smallest absolute Gasteiger partial charge is 0.240 e. The van der Waals surface area contributed by atoms with Gasteiger partial charge in [-0.15, -0.1) is 10.2 Å². The molecule has 5 heteroatoms. The van der Waals surface area contributed by atoms with Crippen molar-refractivity contribution in [3.05, 3.63) is 5.82 Å². The summed E-state index contributed by atoms with van der Waals surface area (Å²) in [6.07, 6.45) is 1.82. The molecule has 0 atom stereocenters. The third kappa shape index (κ3) is 1.02. The summed E-state index contributed by atoms with van der Waals surface area (Å²) < 4.78 is 1.31. The highest BCUT2D eigenvalue weighted by Crippen LogP contribution is 1.99. The van der Waals surface area contributed by atoms with Crippen molar-refractivity contribution in [1.82, 2.24) is 14.9 Å².